The van der Waals surface area contributed by atoms with Crippen LogP contribution < -0.4 is 9.64 Å². The molecule has 0 radical (unpaired) electrons. The van der Waals surface area contributed by atoms with Gasteiger partial charge in [-0.2, -0.15) is 0 Å². The first kappa shape index (κ1) is 20.6. The third-order valence-corrected chi connectivity index (χ3v) is 5.98. The first-order valence-corrected chi connectivity index (χ1v) is 10.4. The SMILES string of the molecule is CCC[C@H](c1nnnn1C(C)(C)CC)N1CCN(c2ccc(OC)cc2)CC1. The normalized spacial score (nSPS) is 17.0. The molecule has 2 aromatic rings. The molecule has 3 rings (SSSR count). The monoisotopic (exact) mass is 386 g/mol. The molecule has 1 atom stereocenters. The molecule has 0 amide bonds. The Bertz CT molecular complexity index is 734. The van der Waals surface area contributed by atoms with Gasteiger partial charge in [0.05, 0.1) is 18.7 Å². The summed E-state index contributed by atoms with van der Waals surface area (Å²) in [5.41, 5.74) is 1.18. The topological polar surface area (TPSA) is 59.3 Å². The summed E-state index contributed by atoms with van der Waals surface area (Å²) in [4.78, 5) is 5.00. The van der Waals surface area contributed by atoms with Crippen LogP contribution in [0, 0.1) is 0 Å². The maximum atomic E-state index is 5.27. The van der Waals surface area contributed by atoms with E-state index in [1.54, 1.807) is 7.11 Å². The van der Waals surface area contributed by atoms with Crippen LogP contribution in [0.3, 0.4) is 0 Å². The van der Waals surface area contributed by atoms with Gasteiger partial charge in [0.15, 0.2) is 5.82 Å². The van der Waals surface area contributed by atoms with Gasteiger partial charge in [-0.3, -0.25) is 4.90 Å². The Balaban J connectivity index is 1.72. The van der Waals surface area contributed by atoms with Gasteiger partial charge in [-0.25, -0.2) is 4.68 Å². The summed E-state index contributed by atoms with van der Waals surface area (Å²) in [6.07, 6.45) is 3.18. The standard InChI is InChI=1S/C21H34N6O/c1-6-8-19(20-22-23-24-27(20)21(3,4)7-2)26-15-13-25(14-16-26)17-9-11-18(28-5)12-10-17/h9-12,19H,6-8,13-16H2,1-5H3/t19-/m1/s1. The fraction of sp³-hybridized carbons (Fsp3) is 0.667. The minimum absolute atomic E-state index is 0.0737. The van der Waals surface area contributed by atoms with Gasteiger partial charge in [-0.05, 0) is 61.4 Å². The first-order chi connectivity index (χ1) is 13.5. The highest BCUT2D eigenvalue weighted by Gasteiger charge is 2.32. The second-order valence-corrected chi connectivity index (χ2v) is 8.14. The molecular formula is C21H34N6O. The smallest absolute Gasteiger partial charge is 0.168 e. The van der Waals surface area contributed by atoms with Gasteiger partial charge in [0.2, 0.25) is 0 Å². The van der Waals surface area contributed by atoms with Crippen molar-refractivity contribution in [2.24, 2.45) is 0 Å². The number of piperazine rings is 1. The van der Waals surface area contributed by atoms with E-state index in [0.717, 1.165) is 57.0 Å². The third-order valence-electron chi connectivity index (χ3n) is 5.98. The number of tetrazole rings is 1. The van der Waals surface area contributed by atoms with E-state index in [2.05, 4.69) is 65.2 Å². The number of nitrogens with zero attached hydrogens (tertiary/aromatic N) is 6. The highest BCUT2D eigenvalue weighted by Crippen LogP contribution is 2.30. The van der Waals surface area contributed by atoms with E-state index in [4.69, 9.17) is 4.74 Å². The van der Waals surface area contributed by atoms with E-state index >= 15 is 0 Å². The molecule has 0 N–H and O–H groups in total. The zero-order chi connectivity index (χ0) is 20.1. The van der Waals surface area contributed by atoms with E-state index in [0.29, 0.717) is 0 Å². The van der Waals surface area contributed by atoms with Gasteiger partial charge in [0.25, 0.3) is 0 Å². The zero-order valence-corrected chi connectivity index (χ0v) is 17.9. The second-order valence-electron chi connectivity index (χ2n) is 8.14. The summed E-state index contributed by atoms with van der Waals surface area (Å²) in [6, 6.07) is 8.61. The van der Waals surface area contributed by atoms with Crippen LogP contribution in [0.25, 0.3) is 0 Å². The van der Waals surface area contributed by atoms with E-state index < -0.39 is 0 Å². The number of rotatable bonds is 8. The minimum atomic E-state index is -0.0737. The van der Waals surface area contributed by atoms with Crippen molar-refractivity contribution in [3.63, 3.8) is 0 Å². The molecule has 154 valence electrons. The fourth-order valence-electron chi connectivity index (χ4n) is 3.82. The predicted molar refractivity (Wildman–Crippen MR) is 112 cm³/mol. The molecule has 0 spiro atoms. The lowest BCUT2D eigenvalue weighted by atomic mass is 10.0. The van der Waals surface area contributed by atoms with Gasteiger partial charge in [-0.1, -0.05) is 20.3 Å². The van der Waals surface area contributed by atoms with Crippen LogP contribution in [0.1, 0.15) is 58.8 Å². The van der Waals surface area contributed by atoms with Crippen LogP contribution in [0.4, 0.5) is 5.69 Å². The molecule has 1 fully saturated rings. The van der Waals surface area contributed by atoms with Crippen molar-refractivity contribution in [2.45, 2.75) is 58.5 Å². The van der Waals surface area contributed by atoms with E-state index in [9.17, 15) is 0 Å². The van der Waals surface area contributed by atoms with Crippen molar-refractivity contribution >= 4 is 5.69 Å². The lowest BCUT2D eigenvalue weighted by molar-refractivity contribution is 0.154. The summed E-state index contributed by atoms with van der Waals surface area (Å²) in [5, 5.41) is 12.8. The van der Waals surface area contributed by atoms with Gasteiger partial charge in [0, 0.05) is 31.9 Å². The van der Waals surface area contributed by atoms with E-state index in [-0.39, 0.29) is 11.6 Å². The Morgan fingerprint density at radius 3 is 2.32 bits per heavy atom. The number of hydrogen-bond donors (Lipinski definition) is 0. The molecule has 7 nitrogen and oxygen atoms in total. The Morgan fingerprint density at radius 1 is 1.07 bits per heavy atom. The second kappa shape index (κ2) is 8.90. The molecule has 1 aliphatic rings. The molecule has 0 aliphatic carbocycles. The summed E-state index contributed by atoms with van der Waals surface area (Å²) in [7, 11) is 1.70. The molecule has 1 saturated heterocycles. The minimum Gasteiger partial charge on any atom is -0.497 e. The molecular weight excluding hydrogens is 352 g/mol. The predicted octanol–water partition coefficient (Wildman–Crippen LogP) is 3.49. The van der Waals surface area contributed by atoms with Crippen molar-refractivity contribution < 1.29 is 4.74 Å². The van der Waals surface area contributed by atoms with Crippen LogP contribution in [0.15, 0.2) is 24.3 Å². The molecule has 1 aromatic carbocycles. The average Bonchev–Trinajstić information content (AvgIpc) is 3.23. The number of hydrogen-bond acceptors (Lipinski definition) is 6. The Morgan fingerprint density at radius 2 is 1.75 bits per heavy atom. The van der Waals surface area contributed by atoms with Crippen LogP contribution in [0.2, 0.25) is 0 Å². The Labute approximate surface area is 168 Å². The number of anilines is 1. The van der Waals surface area contributed by atoms with Crippen molar-refractivity contribution in [1.29, 1.82) is 0 Å². The Hall–Kier alpha value is -2.15. The zero-order valence-electron chi connectivity index (χ0n) is 17.9. The van der Waals surface area contributed by atoms with Gasteiger partial charge in [-0.15, -0.1) is 5.10 Å². The fourth-order valence-corrected chi connectivity index (χ4v) is 3.82. The van der Waals surface area contributed by atoms with Crippen molar-refractivity contribution in [2.75, 3.05) is 38.2 Å². The molecule has 7 heteroatoms. The highest BCUT2D eigenvalue weighted by atomic mass is 16.5. The molecule has 0 bridgehead atoms. The average molecular weight is 387 g/mol. The first-order valence-electron chi connectivity index (χ1n) is 10.4. The molecule has 1 aliphatic heterocycles. The summed E-state index contributed by atoms with van der Waals surface area (Å²) < 4.78 is 7.32. The molecule has 0 saturated carbocycles. The summed E-state index contributed by atoms with van der Waals surface area (Å²) in [5.74, 6) is 1.90. The van der Waals surface area contributed by atoms with Crippen molar-refractivity contribution in [3.05, 3.63) is 30.1 Å². The lowest BCUT2D eigenvalue weighted by Crippen LogP contribution is -2.48. The van der Waals surface area contributed by atoms with Crippen LogP contribution in [0.5, 0.6) is 5.75 Å². The highest BCUT2D eigenvalue weighted by molar-refractivity contribution is 5.49. The van der Waals surface area contributed by atoms with E-state index in [1.165, 1.54) is 5.69 Å². The maximum Gasteiger partial charge on any atom is 0.168 e. The maximum absolute atomic E-state index is 5.27. The molecule has 28 heavy (non-hydrogen) atoms. The quantitative estimate of drug-likeness (QED) is 0.692. The number of ether oxygens (including phenoxy) is 1. The van der Waals surface area contributed by atoms with Crippen LogP contribution in [-0.2, 0) is 5.54 Å². The Kier molecular flexibility index (Phi) is 6.54. The van der Waals surface area contributed by atoms with Crippen LogP contribution in [-0.4, -0.2) is 58.4 Å². The van der Waals surface area contributed by atoms with Gasteiger partial charge < -0.3 is 9.64 Å². The summed E-state index contributed by atoms with van der Waals surface area (Å²) in [6.45, 7) is 12.9. The number of methoxy groups -OCH3 is 1. The molecule has 0 unspecified atom stereocenters. The van der Waals surface area contributed by atoms with Gasteiger partial charge >= 0.3 is 0 Å². The summed E-state index contributed by atoms with van der Waals surface area (Å²) >= 11 is 0. The van der Waals surface area contributed by atoms with Crippen LogP contribution >= 0.6 is 0 Å². The number of aromatic nitrogens is 4. The van der Waals surface area contributed by atoms with Gasteiger partial charge in [0.1, 0.15) is 5.75 Å². The lowest BCUT2D eigenvalue weighted by Gasteiger charge is -2.40. The third kappa shape index (κ3) is 4.29. The van der Waals surface area contributed by atoms with E-state index in [1.807, 2.05) is 16.8 Å². The number of benzene rings is 1. The van der Waals surface area contributed by atoms with Crippen molar-refractivity contribution in [1.82, 2.24) is 25.1 Å². The van der Waals surface area contributed by atoms with Crippen molar-refractivity contribution in [3.8, 4) is 5.75 Å². The molecule has 1 aromatic heterocycles. The molecule has 2 heterocycles. The largest absolute Gasteiger partial charge is 0.497 e.